The van der Waals surface area contributed by atoms with Crippen LogP contribution in [0.5, 0.6) is 0 Å². The summed E-state index contributed by atoms with van der Waals surface area (Å²) in [5, 5.41) is 0. The molecule has 24 heavy (non-hydrogen) atoms. The number of carbonyl (C=O) groups excluding carboxylic acids is 2. The van der Waals surface area contributed by atoms with E-state index in [1.165, 1.54) is 32.1 Å². The number of unbranched alkanes of at least 4 members (excludes halogenated alkanes) is 6. The van der Waals surface area contributed by atoms with Crippen LogP contribution in [0, 0.1) is 0 Å². The maximum absolute atomic E-state index is 12.7. The fraction of sp³-hybridized carbons (Fsp3) is 0.450. The highest BCUT2D eigenvalue weighted by Crippen LogP contribution is 2.26. The van der Waals surface area contributed by atoms with Gasteiger partial charge in [-0.2, -0.15) is 0 Å². The van der Waals surface area contributed by atoms with Crippen molar-refractivity contribution < 1.29 is 9.59 Å². The highest BCUT2D eigenvalue weighted by atomic mass is 16.1. The molecule has 126 valence electrons. The van der Waals surface area contributed by atoms with Gasteiger partial charge in [-0.1, -0.05) is 69.7 Å². The Kier molecular flexibility index (Phi) is 5.24. The molecule has 0 saturated heterocycles. The maximum Gasteiger partial charge on any atom is 0.214 e. The number of carbonyl (C=O) groups is 2. The lowest BCUT2D eigenvalue weighted by Crippen LogP contribution is -2.23. The Morgan fingerprint density at radius 2 is 1.50 bits per heavy atom. The minimum atomic E-state index is -0.140. The SMILES string of the molecule is CCCCCCCCCn1cnc2c1C(=O)c1ccccc1C2=O. The molecule has 3 rings (SSSR count). The summed E-state index contributed by atoms with van der Waals surface area (Å²) in [7, 11) is 0. The van der Waals surface area contributed by atoms with Gasteiger partial charge in [0.2, 0.25) is 11.6 Å². The second kappa shape index (κ2) is 7.56. The van der Waals surface area contributed by atoms with Gasteiger partial charge in [0.1, 0.15) is 11.4 Å². The number of benzene rings is 1. The predicted octanol–water partition coefficient (Wildman–Crippen LogP) is 4.41. The van der Waals surface area contributed by atoms with Crippen molar-refractivity contribution in [3.05, 3.63) is 53.1 Å². The molecule has 0 atom stereocenters. The lowest BCUT2D eigenvalue weighted by atomic mass is 9.90. The number of hydrogen-bond acceptors (Lipinski definition) is 3. The van der Waals surface area contributed by atoms with Crippen molar-refractivity contribution in [2.24, 2.45) is 0 Å². The number of aryl methyl sites for hydroxylation is 1. The first-order valence-corrected chi connectivity index (χ1v) is 8.97. The molecular weight excluding hydrogens is 300 g/mol. The Hall–Kier alpha value is -2.23. The third-order valence-electron chi connectivity index (χ3n) is 4.69. The third-order valence-corrected chi connectivity index (χ3v) is 4.69. The summed E-state index contributed by atoms with van der Waals surface area (Å²) in [6.07, 6.45) is 10.2. The second-order valence-corrected chi connectivity index (χ2v) is 6.46. The van der Waals surface area contributed by atoms with Crippen molar-refractivity contribution in [3.8, 4) is 0 Å². The zero-order valence-corrected chi connectivity index (χ0v) is 14.3. The average molecular weight is 324 g/mol. The van der Waals surface area contributed by atoms with E-state index in [0.717, 1.165) is 19.4 Å². The number of imidazole rings is 1. The molecule has 1 aliphatic carbocycles. The molecule has 0 bridgehead atoms. The van der Waals surface area contributed by atoms with Crippen LogP contribution >= 0.6 is 0 Å². The Labute approximate surface area is 142 Å². The van der Waals surface area contributed by atoms with Crippen LogP contribution in [-0.2, 0) is 6.54 Å². The quantitative estimate of drug-likeness (QED) is 0.577. The molecule has 4 nitrogen and oxygen atoms in total. The molecule has 0 saturated carbocycles. The Morgan fingerprint density at radius 3 is 2.21 bits per heavy atom. The number of aromatic nitrogens is 2. The van der Waals surface area contributed by atoms with E-state index in [-0.39, 0.29) is 11.6 Å². The standard InChI is InChI=1S/C20H24N2O2/c1-2-3-4-5-6-7-10-13-22-14-21-17-18(22)20(24)16-12-9-8-11-15(16)19(17)23/h8-9,11-12,14H,2-7,10,13H2,1H3. The van der Waals surface area contributed by atoms with Crippen LogP contribution in [0.3, 0.4) is 0 Å². The topological polar surface area (TPSA) is 52.0 Å². The molecule has 0 radical (unpaired) electrons. The lowest BCUT2D eigenvalue weighted by Gasteiger charge is -2.15. The molecule has 1 aromatic carbocycles. The summed E-state index contributed by atoms with van der Waals surface area (Å²) in [4.78, 5) is 29.5. The van der Waals surface area contributed by atoms with Gasteiger partial charge in [-0.3, -0.25) is 9.59 Å². The first kappa shape index (κ1) is 16.6. The Bertz CT molecular complexity index is 746. The molecule has 0 N–H and O–H groups in total. The van der Waals surface area contributed by atoms with E-state index >= 15 is 0 Å². The summed E-state index contributed by atoms with van der Waals surface area (Å²) in [6, 6.07) is 7.01. The van der Waals surface area contributed by atoms with Crippen LogP contribution in [0.4, 0.5) is 0 Å². The molecule has 0 unspecified atom stereocenters. The van der Waals surface area contributed by atoms with Crippen LogP contribution in [0.15, 0.2) is 30.6 Å². The summed E-state index contributed by atoms with van der Waals surface area (Å²) in [5.74, 6) is -0.223. The molecule has 0 aliphatic heterocycles. The monoisotopic (exact) mass is 324 g/mol. The van der Waals surface area contributed by atoms with Gasteiger partial charge in [0.15, 0.2) is 0 Å². The number of ketones is 2. The summed E-state index contributed by atoms with van der Waals surface area (Å²) in [5.41, 5.74) is 1.74. The van der Waals surface area contributed by atoms with Crippen molar-refractivity contribution in [1.29, 1.82) is 0 Å². The molecule has 0 fully saturated rings. The molecule has 1 aromatic heterocycles. The lowest BCUT2D eigenvalue weighted by molar-refractivity contribution is 0.0971. The first-order chi connectivity index (χ1) is 11.7. The number of nitrogens with zero attached hydrogens (tertiary/aromatic N) is 2. The van der Waals surface area contributed by atoms with E-state index in [9.17, 15) is 9.59 Å². The molecule has 4 heteroatoms. The van der Waals surface area contributed by atoms with Gasteiger partial charge in [-0.05, 0) is 6.42 Å². The van der Waals surface area contributed by atoms with Crippen LogP contribution < -0.4 is 0 Å². The zero-order chi connectivity index (χ0) is 16.9. The van der Waals surface area contributed by atoms with Gasteiger partial charge in [0.05, 0.1) is 6.33 Å². The largest absolute Gasteiger partial charge is 0.327 e. The van der Waals surface area contributed by atoms with E-state index in [1.807, 2.05) is 4.57 Å². The van der Waals surface area contributed by atoms with Crippen molar-refractivity contribution >= 4 is 11.6 Å². The summed E-state index contributed by atoms with van der Waals surface area (Å²) < 4.78 is 1.86. The fourth-order valence-electron chi connectivity index (χ4n) is 3.33. The van der Waals surface area contributed by atoms with Gasteiger partial charge < -0.3 is 4.57 Å². The van der Waals surface area contributed by atoms with Gasteiger partial charge in [0, 0.05) is 17.7 Å². The van der Waals surface area contributed by atoms with Gasteiger partial charge in [-0.15, -0.1) is 0 Å². The van der Waals surface area contributed by atoms with E-state index in [4.69, 9.17) is 0 Å². The zero-order valence-electron chi connectivity index (χ0n) is 14.3. The molecule has 1 heterocycles. The molecule has 0 amide bonds. The van der Waals surface area contributed by atoms with Crippen molar-refractivity contribution in [1.82, 2.24) is 9.55 Å². The van der Waals surface area contributed by atoms with E-state index < -0.39 is 0 Å². The van der Waals surface area contributed by atoms with Crippen LogP contribution in [0.1, 0.15) is 84.0 Å². The highest BCUT2D eigenvalue weighted by molar-refractivity contribution is 6.27. The minimum absolute atomic E-state index is 0.0827. The van der Waals surface area contributed by atoms with Crippen molar-refractivity contribution in [2.45, 2.75) is 58.4 Å². The number of fused-ring (bicyclic) bond motifs is 2. The van der Waals surface area contributed by atoms with Crippen LogP contribution in [0.25, 0.3) is 0 Å². The predicted molar refractivity (Wildman–Crippen MR) is 93.5 cm³/mol. The van der Waals surface area contributed by atoms with E-state index in [2.05, 4.69) is 11.9 Å². The summed E-state index contributed by atoms with van der Waals surface area (Å²) >= 11 is 0. The normalized spacial score (nSPS) is 13.0. The molecule has 2 aromatic rings. The van der Waals surface area contributed by atoms with Crippen LogP contribution in [0.2, 0.25) is 0 Å². The van der Waals surface area contributed by atoms with E-state index in [0.29, 0.717) is 22.5 Å². The van der Waals surface area contributed by atoms with Crippen molar-refractivity contribution in [2.75, 3.05) is 0 Å². The van der Waals surface area contributed by atoms with Crippen molar-refractivity contribution in [3.63, 3.8) is 0 Å². The minimum Gasteiger partial charge on any atom is -0.327 e. The van der Waals surface area contributed by atoms with Crippen LogP contribution in [-0.4, -0.2) is 21.1 Å². The number of rotatable bonds is 8. The number of hydrogen-bond donors (Lipinski definition) is 0. The molecular formula is C20H24N2O2. The molecule has 1 aliphatic rings. The Morgan fingerprint density at radius 1 is 0.875 bits per heavy atom. The maximum atomic E-state index is 12.7. The molecule has 0 spiro atoms. The van der Waals surface area contributed by atoms with Gasteiger partial charge in [0.25, 0.3) is 0 Å². The fourth-order valence-corrected chi connectivity index (χ4v) is 3.33. The smallest absolute Gasteiger partial charge is 0.214 e. The van der Waals surface area contributed by atoms with Gasteiger partial charge >= 0.3 is 0 Å². The highest BCUT2D eigenvalue weighted by Gasteiger charge is 2.33. The van der Waals surface area contributed by atoms with E-state index in [1.54, 1.807) is 30.6 Å². The Balaban J connectivity index is 1.65. The summed E-state index contributed by atoms with van der Waals surface area (Å²) in [6.45, 7) is 2.97. The van der Waals surface area contributed by atoms with Gasteiger partial charge in [-0.25, -0.2) is 4.98 Å². The first-order valence-electron chi connectivity index (χ1n) is 8.97. The third kappa shape index (κ3) is 3.18. The average Bonchev–Trinajstić information content (AvgIpc) is 3.03. The second-order valence-electron chi connectivity index (χ2n) is 6.46.